The van der Waals surface area contributed by atoms with Crippen LogP contribution in [0.4, 0.5) is 0 Å². The third kappa shape index (κ3) is 3.42. The number of benzene rings is 1. The highest BCUT2D eigenvalue weighted by Gasteiger charge is 2.04. The van der Waals surface area contributed by atoms with Crippen LogP contribution in [0.25, 0.3) is 0 Å². The predicted molar refractivity (Wildman–Crippen MR) is 57.0 cm³/mol. The summed E-state index contributed by atoms with van der Waals surface area (Å²) in [6, 6.07) is 5.44. The minimum absolute atomic E-state index is 0.220. The molecule has 0 fully saturated rings. The van der Waals surface area contributed by atoms with Crippen LogP contribution >= 0.6 is 0 Å². The van der Waals surface area contributed by atoms with Gasteiger partial charge in [0.15, 0.2) is 0 Å². The van der Waals surface area contributed by atoms with E-state index in [2.05, 4.69) is 0 Å². The second-order valence-electron chi connectivity index (χ2n) is 3.55. The summed E-state index contributed by atoms with van der Waals surface area (Å²) in [6.45, 7) is 1.88. The average Bonchev–Trinajstić information content (AvgIpc) is 2.08. The third-order valence-electron chi connectivity index (χ3n) is 2.15. The van der Waals surface area contributed by atoms with Crippen molar-refractivity contribution >= 4 is 11.8 Å². The van der Waals surface area contributed by atoms with Crippen LogP contribution in [0.2, 0.25) is 0 Å². The molecule has 1 rings (SSSR count). The van der Waals surface area contributed by atoms with Gasteiger partial charge in [-0.25, -0.2) is 0 Å². The largest absolute Gasteiger partial charge is 0.369 e. The molecule has 0 aliphatic rings. The van der Waals surface area contributed by atoms with E-state index < -0.39 is 0 Å². The van der Waals surface area contributed by atoms with E-state index in [1.807, 2.05) is 13.0 Å². The maximum absolute atomic E-state index is 10.7. The van der Waals surface area contributed by atoms with Crippen molar-refractivity contribution in [2.24, 2.45) is 11.5 Å². The molecule has 80 valence electrons. The normalized spacial score (nSPS) is 9.93. The number of rotatable bonds is 4. The van der Waals surface area contributed by atoms with Gasteiger partial charge in [-0.3, -0.25) is 9.59 Å². The van der Waals surface area contributed by atoms with Crippen molar-refractivity contribution < 1.29 is 9.59 Å². The first kappa shape index (κ1) is 11.2. The van der Waals surface area contributed by atoms with Crippen molar-refractivity contribution in [1.82, 2.24) is 0 Å². The number of amides is 2. The van der Waals surface area contributed by atoms with Gasteiger partial charge in [0, 0.05) is 0 Å². The van der Waals surface area contributed by atoms with Crippen LogP contribution in [0.1, 0.15) is 16.7 Å². The minimum atomic E-state index is -0.364. The summed E-state index contributed by atoms with van der Waals surface area (Å²) in [5.74, 6) is -0.724. The zero-order valence-electron chi connectivity index (χ0n) is 8.62. The van der Waals surface area contributed by atoms with Crippen LogP contribution in [0.3, 0.4) is 0 Å². The SMILES string of the molecule is Cc1cc(CC(N)=O)ccc1CC(N)=O. The topological polar surface area (TPSA) is 86.2 Å². The second kappa shape index (κ2) is 4.59. The maximum Gasteiger partial charge on any atom is 0.221 e. The Morgan fingerprint density at radius 2 is 1.73 bits per heavy atom. The lowest BCUT2D eigenvalue weighted by molar-refractivity contribution is -0.118. The van der Waals surface area contributed by atoms with E-state index >= 15 is 0 Å². The monoisotopic (exact) mass is 206 g/mol. The molecule has 0 heterocycles. The molecule has 0 aliphatic heterocycles. The van der Waals surface area contributed by atoms with Gasteiger partial charge >= 0.3 is 0 Å². The van der Waals surface area contributed by atoms with Gasteiger partial charge in [-0.1, -0.05) is 18.2 Å². The van der Waals surface area contributed by atoms with E-state index in [4.69, 9.17) is 11.5 Å². The van der Waals surface area contributed by atoms with E-state index in [-0.39, 0.29) is 24.7 Å². The molecule has 15 heavy (non-hydrogen) atoms. The zero-order chi connectivity index (χ0) is 11.4. The van der Waals surface area contributed by atoms with Gasteiger partial charge in [0.25, 0.3) is 0 Å². The smallest absolute Gasteiger partial charge is 0.221 e. The van der Waals surface area contributed by atoms with Crippen molar-refractivity contribution in [3.05, 3.63) is 34.9 Å². The molecule has 0 radical (unpaired) electrons. The van der Waals surface area contributed by atoms with Crippen molar-refractivity contribution in [1.29, 1.82) is 0 Å². The van der Waals surface area contributed by atoms with Gasteiger partial charge in [0.1, 0.15) is 0 Å². The summed E-state index contributed by atoms with van der Waals surface area (Å²) in [4.78, 5) is 21.4. The molecule has 4 heteroatoms. The van der Waals surface area contributed by atoms with Crippen LogP contribution < -0.4 is 11.5 Å². The van der Waals surface area contributed by atoms with E-state index in [9.17, 15) is 9.59 Å². The zero-order valence-corrected chi connectivity index (χ0v) is 8.62. The summed E-state index contributed by atoms with van der Waals surface area (Å²) in [6.07, 6.45) is 0.445. The standard InChI is InChI=1S/C11H14N2O2/c1-7-4-8(5-10(12)14)2-3-9(7)6-11(13)15/h2-4H,5-6H2,1H3,(H2,12,14)(H2,13,15). The molecule has 4 nitrogen and oxygen atoms in total. The number of hydrogen-bond donors (Lipinski definition) is 2. The van der Waals surface area contributed by atoms with E-state index in [0.29, 0.717) is 0 Å². The van der Waals surface area contributed by atoms with Crippen LogP contribution in [-0.4, -0.2) is 11.8 Å². The van der Waals surface area contributed by atoms with Gasteiger partial charge in [-0.05, 0) is 23.6 Å². The maximum atomic E-state index is 10.7. The van der Waals surface area contributed by atoms with Crippen molar-refractivity contribution in [2.75, 3.05) is 0 Å². The Morgan fingerprint density at radius 3 is 2.20 bits per heavy atom. The van der Waals surface area contributed by atoms with E-state index in [1.54, 1.807) is 12.1 Å². The first-order chi connectivity index (χ1) is 6.99. The Morgan fingerprint density at radius 1 is 1.13 bits per heavy atom. The average molecular weight is 206 g/mol. The molecule has 0 aliphatic carbocycles. The van der Waals surface area contributed by atoms with E-state index in [0.717, 1.165) is 16.7 Å². The third-order valence-corrected chi connectivity index (χ3v) is 2.15. The van der Waals surface area contributed by atoms with Crippen LogP contribution in [-0.2, 0) is 22.4 Å². The molecular weight excluding hydrogens is 192 g/mol. The fraction of sp³-hybridized carbons (Fsp3) is 0.273. The Balaban J connectivity index is 2.87. The summed E-state index contributed by atoms with van der Waals surface area (Å²) in [5, 5.41) is 0. The molecule has 0 atom stereocenters. The molecule has 0 saturated heterocycles. The van der Waals surface area contributed by atoms with Gasteiger partial charge < -0.3 is 11.5 Å². The molecule has 1 aromatic carbocycles. The molecule has 0 saturated carbocycles. The predicted octanol–water partition coefficient (Wildman–Crippen LogP) is 0.0506. The Bertz CT molecular complexity index is 400. The summed E-state index contributed by atoms with van der Waals surface area (Å²) < 4.78 is 0. The number of nitrogens with two attached hydrogens (primary N) is 2. The highest BCUT2D eigenvalue weighted by Crippen LogP contribution is 2.12. The van der Waals surface area contributed by atoms with Crippen LogP contribution in [0.15, 0.2) is 18.2 Å². The number of hydrogen-bond acceptors (Lipinski definition) is 2. The highest BCUT2D eigenvalue weighted by atomic mass is 16.1. The number of aryl methyl sites for hydroxylation is 1. The Labute approximate surface area is 88.3 Å². The first-order valence-corrected chi connectivity index (χ1v) is 4.64. The van der Waals surface area contributed by atoms with Crippen LogP contribution in [0, 0.1) is 6.92 Å². The lowest BCUT2D eigenvalue weighted by Gasteiger charge is -2.05. The lowest BCUT2D eigenvalue weighted by atomic mass is 10.0. The lowest BCUT2D eigenvalue weighted by Crippen LogP contribution is -2.15. The van der Waals surface area contributed by atoms with Crippen molar-refractivity contribution in [3.8, 4) is 0 Å². The number of primary amides is 2. The first-order valence-electron chi connectivity index (χ1n) is 4.64. The highest BCUT2D eigenvalue weighted by molar-refractivity contribution is 5.78. The molecule has 2 amide bonds. The summed E-state index contributed by atoms with van der Waals surface area (Å²) >= 11 is 0. The fourth-order valence-electron chi connectivity index (χ4n) is 1.46. The second-order valence-corrected chi connectivity index (χ2v) is 3.55. The van der Waals surface area contributed by atoms with Gasteiger partial charge in [-0.2, -0.15) is 0 Å². The fourth-order valence-corrected chi connectivity index (χ4v) is 1.46. The Kier molecular flexibility index (Phi) is 3.44. The van der Waals surface area contributed by atoms with E-state index in [1.165, 1.54) is 0 Å². The molecule has 0 unspecified atom stereocenters. The minimum Gasteiger partial charge on any atom is -0.369 e. The summed E-state index contributed by atoms with van der Waals surface area (Å²) in [7, 11) is 0. The van der Waals surface area contributed by atoms with Crippen LogP contribution in [0.5, 0.6) is 0 Å². The molecule has 0 bridgehead atoms. The molecule has 0 aromatic heterocycles. The quantitative estimate of drug-likeness (QED) is 0.729. The number of carbonyl (C=O) groups excluding carboxylic acids is 2. The Hall–Kier alpha value is -1.84. The molecular formula is C11H14N2O2. The van der Waals surface area contributed by atoms with Gasteiger partial charge in [0.05, 0.1) is 12.8 Å². The molecule has 1 aromatic rings. The van der Waals surface area contributed by atoms with Gasteiger partial charge in [-0.15, -0.1) is 0 Å². The number of carbonyl (C=O) groups is 2. The molecule has 4 N–H and O–H groups in total. The van der Waals surface area contributed by atoms with Crippen molar-refractivity contribution in [3.63, 3.8) is 0 Å². The van der Waals surface area contributed by atoms with Gasteiger partial charge in [0.2, 0.25) is 11.8 Å². The summed E-state index contributed by atoms with van der Waals surface area (Å²) in [5.41, 5.74) is 12.9. The molecule has 0 spiro atoms. The van der Waals surface area contributed by atoms with Crippen molar-refractivity contribution in [2.45, 2.75) is 19.8 Å².